The second-order valence-electron chi connectivity index (χ2n) is 25.4. The quantitative estimate of drug-likeness (QED) is 0.155. The molecule has 2 spiro atoms. The van der Waals surface area contributed by atoms with E-state index < -0.39 is 10.8 Å². The molecule has 2 aliphatic carbocycles. The molecule has 0 amide bonds. The summed E-state index contributed by atoms with van der Waals surface area (Å²) in [5.74, 6) is 3.34. The van der Waals surface area contributed by atoms with Gasteiger partial charge in [-0.2, -0.15) is 5.26 Å². The standard InChI is InChI=1S/C87H56N4O2/c1-89-83-81-62-38-39-63(48-62)82(81)84(90-73-44-40-58(54-22-6-2-7-23-54)49-69(73)86(70-50-59(41-45-74(70)90)55-24-8-3-9-25-55)65-30-14-18-34-77(65)92-78-35-19-15-31-66(78)86)64(53-88)85(83)91-75-46-42-60(56-26-10-4-11-27-56)51-71(75)87(72-52-61(43-47-76(72)91)57-28-12-5-13-29-57)67-32-16-20-36-79(67)93-80-37-21-17-33-68(80)87/h2-37,40-47,49-52,62-63H,38-39,48H2. The average Bonchev–Trinajstić information content (AvgIpc) is 1.27. The van der Waals surface area contributed by atoms with Crippen molar-refractivity contribution in [2.24, 2.45) is 0 Å². The van der Waals surface area contributed by atoms with Crippen LogP contribution in [-0.2, 0) is 10.8 Å². The Hall–Kier alpha value is -12.0. The lowest BCUT2D eigenvalue weighted by Gasteiger charge is -2.50. The third-order valence-electron chi connectivity index (χ3n) is 21.0. The summed E-state index contributed by atoms with van der Waals surface area (Å²) in [7, 11) is 0. The van der Waals surface area contributed by atoms with Crippen molar-refractivity contribution < 1.29 is 9.47 Å². The van der Waals surface area contributed by atoms with Crippen LogP contribution < -0.4 is 19.3 Å². The molecule has 0 saturated heterocycles. The molecule has 2 bridgehead atoms. The highest BCUT2D eigenvalue weighted by atomic mass is 16.5. The van der Waals surface area contributed by atoms with Crippen LogP contribution in [0.15, 0.2) is 291 Å². The van der Waals surface area contributed by atoms with E-state index in [1.54, 1.807) is 0 Å². The normalized spacial score (nSPS) is 16.3. The number of ether oxygens (including phenoxy) is 2. The Bertz CT molecular complexity index is 5100. The summed E-state index contributed by atoms with van der Waals surface area (Å²) in [6, 6.07) is 107. The largest absolute Gasteiger partial charge is 0.457 e. The van der Waals surface area contributed by atoms with Gasteiger partial charge in [0, 0.05) is 33.6 Å². The molecule has 13 aromatic rings. The molecule has 2 unspecified atom stereocenters. The minimum absolute atomic E-state index is 0.106. The lowest BCUT2D eigenvalue weighted by atomic mass is 9.60. The summed E-state index contributed by atoms with van der Waals surface area (Å²) in [6.45, 7) is 9.74. The molecule has 6 nitrogen and oxygen atoms in total. The Morgan fingerprint density at radius 1 is 0.344 bits per heavy atom. The molecule has 0 radical (unpaired) electrons. The summed E-state index contributed by atoms with van der Waals surface area (Å²) >= 11 is 0. The molecule has 1 fully saturated rings. The highest BCUT2D eigenvalue weighted by molar-refractivity contribution is 6.05. The van der Waals surface area contributed by atoms with Gasteiger partial charge in [0.25, 0.3) is 0 Å². The van der Waals surface area contributed by atoms with E-state index in [-0.39, 0.29) is 11.8 Å². The van der Waals surface area contributed by atoms with Gasteiger partial charge >= 0.3 is 0 Å². The zero-order valence-corrected chi connectivity index (χ0v) is 50.6. The maximum atomic E-state index is 13.0. The first-order valence-electron chi connectivity index (χ1n) is 32.2. The van der Waals surface area contributed by atoms with Crippen LogP contribution in [0.2, 0.25) is 0 Å². The van der Waals surface area contributed by atoms with Crippen molar-refractivity contribution in [2.45, 2.75) is 41.9 Å². The Morgan fingerprint density at radius 3 is 0.968 bits per heavy atom. The fraction of sp³-hybridized carbons (Fsp3) is 0.0805. The Morgan fingerprint density at radius 2 is 0.645 bits per heavy atom. The number of anilines is 6. The second kappa shape index (κ2) is 20.3. The summed E-state index contributed by atoms with van der Waals surface area (Å²) in [5.41, 5.74) is 23.2. The van der Waals surface area contributed by atoms with E-state index in [0.29, 0.717) is 16.9 Å². The zero-order chi connectivity index (χ0) is 61.5. The van der Waals surface area contributed by atoms with Crippen LogP contribution >= 0.6 is 0 Å². The molecule has 0 aromatic heterocycles. The molecular weight excluding hydrogens is 1130 g/mol. The van der Waals surface area contributed by atoms with Gasteiger partial charge in [0.05, 0.1) is 45.7 Å². The second-order valence-corrected chi connectivity index (χ2v) is 25.4. The third-order valence-corrected chi connectivity index (χ3v) is 21.0. The van der Waals surface area contributed by atoms with E-state index in [2.05, 4.69) is 307 Å². The van der Waals surface area contributed by atoms with E-state index in [0.717, 1.165) is 171 Å². The van der Waals surface area contributed by atoms with Gasteiger partial charge in [-0.3, -0.25) is 0 Å². The molecule has 0 N–H and O–H groups in total. The van der Waals surface area contributed by atoms with Crippen LogP contribution in [0.3, 0.4) is 0 Å². The number of benzene rings is 13. The summed E-state index contributed by atoms with van der Waals surface area (Å²) in [6.07, 6.45) is 2.82. The first kappa shape index (κ1) is 52.9. The minimum atomic E-state index is -0.964. The van der Waals surface area contributed by atoms with Crippen LogP contribution in [0, 0.1) is 17.9 Å². The predicted octanol–water partition coefficient (Wildman–Crippen LogP) is 22.7. The summed E-state index contributed by atoms with van der Waals surface area (Å²) in [4.78, 5) is 9.58. The number of hydrogen-bond donors (Lipinski definition) is 0. The molecule has 4 aliphatic heterocycles. The topological polar surface area (TPSA) is 53.1 Å². The van der Waals surface area contributed by atoms with Crippen LogP contribution in [-0.4, -0.2) is 0 Å². The number of para-hydroxylation sites is 4. The van der Waals surface area contributed by atoms with Crippen LogP contribution in [0.4, 0.5) is 39.8 Å². The monoisotopic (exact) mass is 1190 g/mol. The fourth-order valence-electron chi connectivity index (χ4n) is 17.3. The van der Waals surface area contributed by atoms with Crippen molar-refractivity contribution in [3.63, 3.8) is 0 Å². The highest BCUT2D eigenvalue weighted by Crippen LogP contribution is 2.71. The number of nitrogens with zero attached hydrogens (tertiary/aromatic N) is 4. The Balaban J connectivity index is 0.968. The van der Waals surface area contributed by atoms with E-state index in [9.17, 15) is 11.8 Å². The van der Waals surface area contributed by atoms with Crippen molar-refractivity contribution in [3.05, 3.63) is 364 Å². The smallest absolute Gasteiger partial charge is 0.215 e. The number of hydrogen-bond acceptors (Lipinski definition) is 5. The summed E-state index contributed by atoms with van der Waals surface area (Å²) in [5, 5.41) is 13.0. The van der Waals surface area contributed by atoms with Crippen molar-refractivity contribution in [1.82, 2.24) is 0 Å². The zero-order valence-electron chi connectivity index (χ0n) is 50.6. The number of rotatable bonds is 6. The molecule has 436 valence electrons. The van der Waals surface area contributed by atoms with Gasteiger partial charge in [0.15, 0.2) is 0 Å². The van der Waals surface area contributed by atoms with Gasteiger partial charge in [0.2, 0.25) is 5.69 Å². The van der Waals surface area contributed by atoms with E-state index in [1.807, 2.05) is 0 Å². The highest BCUT2D eigenvalue weighted by Gasteiger charge is 2.56. The molecule has 19 rings (SSSR count). The first-order valence-corrected chi connectivity index (χ1v) is 32.2. The van der Waals surface area contributed by atoms with Crippen LogP contribution in [0.25, 0.3) is 49.4 Å². The van der Waals surface area contributed by atoms with Crippen molar-refractivity contribution >= 4 is 39.8 Å². The lowest BCUT2D eigenvalue weighted by Crippen LogP contribution is -2.40. The van der Waals surface area contributed by atoms with Gasteiger partial charge in [-0.1, -0.05) is 218 Å². The van der Waals surface area contributed by atoms with Crippen molar-refractivity contribution in [2.75, 3.05) is 9.80 Å². The predicted molar refractivity (Wildman–Crippen MR) is 372 cm³/mol. The van der Waals surface area contributed by atoms with Crippen molar-refractivity contribution in [3.8, 4) is 73.6 Å². The maximum Gasteiger partial charge on any atom is 0.215 e. The Kier molecular flexibility index (Phi) is 11.5. The van der Waals surface area contributed by atoms with E-state index in [4.69, 9.17) is 14.3 Å². The number of nitriles is 1. The molecule has 93 heavy (non-hydrogen) atoms. The van der Waals surface area contributed by atoms with E-state index in [1.165, 1.54) is 0 Å². The number of fused-ring (bicyclic) bond motifs is 21. The van der Waals surface area contributed by atoms with Gasteiger partial charge < -0.3 is 19.3 Å². The van der Waals surface area contributed by atoms with Gasteiger partial charge in [0.1, 0.15) is 29.1 Å². The van der Waals surface area contributed by atoms with Gasteiger partial charge in [-0.05, 0) is 182 Å². The minimum Gasteiger partial charge on any atom is -0.457 e. The van der Waals surface area contributed by atoms with Gasteiger partial charge in [-0.25, -0.2) is 4.85 Å². The maximum absolute atomic E-state index is 13.0. The molecule has 6 aliphatic rings. The van der Waals surface area contributed by atoms with Crippen LogP contribution in [0.1, 0.15) is 92.3 Å². The first-order chi connectivity index (χ1) is 46.0. The molecule has 2 atom stereocenters. The molecule has 4 heterocycles. The van der Waals surface area contributed by atoms with E-state index >= 15 is 0 Å². The summed E-state index contributed by atoms with van der Waals surface area (Å²) < 4.78 is 14.0. The third kappa shape index (κ3) is 7.38. The SMILES string of the molecule is [C-]#[N+]c1c2c(c(N3c4ccc(-c5ccccc5)cc4C4(c5ccccc5Oc5ccccc54)c4cc(-c5ccccc5)ccc43)c(C#N)c1N1c3ccc(-c4ccccc4)cc3C3(c4ccccc4Oc4ccccc43)c3cc(-c4ccccc4)ccc31)C1CCC2C1. The molecule has 6 heteroatoms. The fourth-order valence-corrected chi connectivity index (χ4v) is 17.3. The molecule has 13 aromatic carbocycles. The van der Waals surface area contributed by atoms with Gasteiger partial charge in [-0.15, -0.1) is 0 Å². The molecular formula is C87H56N4O2. The average molecular weight is 1190 g/mol. The molecule has 1 saturated carbocycles. The Labute approximate surface area is 540 Å². The lowest BCUT2D eigenvalue weighted by molar-refractivity contribution is 0.434. The van der Waals surface area contributed by atoms with Crippen molar-refractivity contribution in [1.29, 1.82) is 5.26 Å². The van der Waals surface area contributed by atoms with Crippen LogP contribution in [0.5, 0.6) is 23.0 Å².